The standard InChI is InChI=1S/C21H19BrF3NO3S/c1-2-11-29-20(28)17-12-30-19(14-3-7-15(8-4-14)21(23,24)25)26(17)18(27)13-5-9-16(22)10-6-13/h3-10,17,19H,2,11-12H2,1H3. The molecule has 0 radical (unpaired) electrons. The molecule has 2 atom stereocenters. The summed E-state index contributed by atoms with van der Waals surface area (Å²) in [5.41, 5.74) is 0.133. The van der Waals surface area contributed by atoms with Gasteiger partial charge in [-0.25, -0.2) is 4.79 Å². The van der Waals surface area contributed by atoms with Gasteiger partial charge in [0.2, 0.25) is 0 Å². The molecule has 0 aliphatic carbocycles. The second-order valence-corrected chi connectivity index (χ2v) is 8.74. The molecule has 9 heteroatoms. The van der Waals surface area contributed by atoms with Gasteiger partial charge < -0.3 is 9.64 Å². The normalized spacial score (nSPS) is 19.0. The largest absolute Gasteiger partial charge is 0.464 e. The Morgan fingerprint density at radius 1 is 1.13 bits per heavy atom. The molecule has 160 valence electrons. The summed E-state index contributed by atoms with van der Waals surface area (Å²) in [5.74, 6) is -0.587. The van der Waals surface area contributed by atoms with Gasteiger partial charge in [0.25, 0.3) is 5.91 Å². The third-order valence-electron chi connectivity index (χ3n) is 4.57. The van der Waals surface area contributed by atoms with E-state index in [1.54, 1.807) is 24.3 Å². The van der Waals surface area contributed by atoms with Crippen molar-refractivity contribution in [2.45, 2.75) is 30.9 Å². The molecule has 0 spiro atoms. The lowest BCUT2D eigenvalue weighted by Gasteiger charge is -2.29. The predicted molar refractivity (Wildman–Crippen MR) is 112 cm³/mol. The number of hydrogen-bond donors (Lipinski definition) is 0. The first-order valence-corrected chi connectivity index (χ1v) is 11.1. The van der Waals surface area contributed by atoms with E-state index in [-0.39, 0.29) is 12.5 Å². The number of nitrogens with zero attached hydrogens (tertiary/aromatic N) is 1. The third kappa shape index (κ3) is 5.00. The predicted octanol–water partition coefficient (Wildman–Crippen LogP) is 5.68. The molecule has 30 heavy (non-hydrogen) atoms. The zero-order valence-corrected chi connectivity index (χ0v) is 18.4. The van der Waals surface area contributed by atoms with Gasteiger partial charge >= 0.3 is 12.1 Å². The highest BCUT2D eigenvalue weighted by atomic mass is 79.9. The van der Waals surface area contributed by atoms with Crippen LogP contribution in [0.15, 0.2) is 53.0 Å². The summed E-state index contributed by atoms with van der Waals surface area (Å²) in [5, 5.41) is -0.595. The van der Waals surface area contributed by atoms with Crippen LogP contribution in [0.4, 0.5) is 13.2 Å². The minimum absolute atomic E-state index is 0.241. The van der Waals surface area contributed by atoms with Crippen molar-refractivity contribution in [3.8, 4) is 0 Å². The van der Waals surface area contributed by atoms with Crippen LogP contribution in [-0.4, -0.2) is 35.2 Å². The van der Waals surface area contributed by atoms with E-state index in [4.69, 9.17) is 4.74 Å². The van der Waals surface area contributed by atoms with E-state index in [0.29, 0.717) is 23.3 Å². The summed E-state index contributed by atoms with van der Waals surface area (Å²) in [6.45, 7) is 2.11. The molecule has 1 saturated heterocycles. The molecule has 0 N–H and O–H groups in total. The highest BCUT2D eigenvalue weighted by Crippen LogP contribution is 2.43. The number of alkyl halides is 3. The number of rotatable bonds is 5. The molecule has 1 aliphatic rings. The maximum absolute atomic E-state index is 13.3. The van der Waals surface area contributed by atoms with E-state index in [1.165, 1.54) is 28.8 Å². The second kappa shape index (κ2) is 9.43. The maximum Gasteiger partial charge on any atom is 0.416 e. The fourth-order valence-electron chi connectivity index (χ4n) is 3.07. The number of halogens is 4. The quantitative estimate of drug-likeness (QED) is 0.494. The monoisotopic (exact) mass is 501 g/mol. The van der Waals surface area contributed by atoms with Gasteiger partial charge in [-0.15, -0.1) is 11.8 Å². The Kier molecular flexibility index (Phi) is 7.13. The van der Waals surface area contributed by atoms with Crippen molar-refractivity contribution in [1.29, 1.82) is 0 Å². The van der Waals surface area contributed by atoms with Gasteiger partial charge in [0.05, 0.1) is 12.2 Å². The highest BCUT2D eigenvalue weighted by Gasteiger charge is 2.43. The number of esters is 1. The SMILES string of the molecule is CCCOC(=O)C1CSC(c2ccc(C(F)(F)F)cc2)N1C(=O)c1ccc(Br)cc1. The van der Waals surface area contributed by atoms with Gasteiger partial charge in [-0.1, -0.05) is 35.0 Å². The summed E-state index contributed by atoms with van der Waals surface area (Å²) in [4.78, 5) is 27.3. The van der Waals surface area contributed by atoms with Crippen LogP contribution in [0.2, 0.25) is 0 Å². The lowest BCUT2D eigenvalue weighted by atomic mass is 10.1. The van der Waals surface area contributed by atoms with Crippen LogP contribution in [0.1, 0.15) is 40.2 Å². The van der Waals surface area contributed by atoms with Crippen LogP contribution < -0.4 is 0 Å². The number of ether oxygens (including phenoxy) is 1. The third-order valence-corrected chi connectivity index (χ3v) is 6.42. The van der Waals surface area contributed by atoms with E-state index in [9.17, 15) is 22.8 Å². The fraction of sp³-hybridized carbons (Fsp3) is 0.333. The van der Waals surface area contributed by atoms with E-state index < -0.39 is 29.1 Å². The summed E-state index contributed by atoms with van der Waals surface area (Å²) >= 11 is 4.64. The van der Waals surface area contributed by atoms with Crippen LogP contribution in [-0.2, 0) is 15.7 Å². The number of thioether (sulfide) groups is 1. The van der Waals surface area contributed by atoms with Gasteiger partial charge in [-0.2, -0.15) is 13.2 Å². The average molecular weight is 502 g/mol. The lowest BCUT2D eigenvalue weighted by Crippen LogP contribution is -2.44. The number of carbonyl (C=O) groups is 2. The van der Waals surface area contributed by atoms with Gasteiger partial charge in [0.1, 0.15) is 11.4 Å². The Morgan fingerprint density at radius 3 is 2.33 bits per heavy atom. The highest BCUT2D eigenvalue weighted by molar-refractivity contribution is 9.10. The first-order valence-electron chi connectivity index (χ1n) is 9.26. The minimum atomic E-state index is -4.44. The lowest BCUT2D eigenvalue weighted by molar-refractivity contribution is -0.148. The van der Waals surface area contributed by atoms with Crippen LogP contribution in [0, 0.1) is 0 Å². The first kappa shape index (κ1) is 22.7. The van der Waals surface area contributed by atoms with Crippen LogP contribution in [0.3, 0.4) is 0 Å². The van der Waals surface area contributed by atoms with Crippen LogP contribution in [0.5, 0.6) is 0 Å². The average Bonchev–Trinajstić information content (AvgIpc) is 3.16. The van der Waals surface area contributed by atoms with E-state index in [2.05, 4.69) is 15.9 Å². The Bertz CT molecular complexity index is 903. The maximum atomic E-state index is 13.3. The van der Waals surface area contributed by atoms with Gasteiger partial charge in [0.15, 0.2) is 0 Å². The molecule has 1 amide bonds. The molecule has 1 aliphatic heterocycles. The van der Waals surface area contributed by atoms with Crippen molar-refractivity contribution in [1.82, 2.24) is 4.90 Å². The number of carbonyl (C=O) groups excluding carboxylic acids is 2. The molecule has 1 fully saturated rings. The molecule has 2 aromatic rings. The Labute approximate surface area is 184 Å². The summed E-state index contributed by atoms with van der Waals surface area (Å²) < 4.78 is 44.8. The molecule has 1 heterocycles. The second-order valence-electron chi connectivity index (χ2n) is 6.71. The van der Waals surface area contributed by atoms with Crippen LogP contribution >= 0.6 is 27.7 Å². The Morgan fingerprint density at radius 2 is 1.77 bits per heavy atom. The number of amides is 1. The zero-order chi connectivity index (χ0) is 21.9. The van der Waals surface area contributed by atoms with Crippen molar-refractivity contribution in [2.24, 2.45) is 0 Å². The molecule has 2 unspecified atom stereocenters. The minimum Gasteiger partial charge on any atom is -0.464 e. The molecular formula is C21H19BrF3NO3S. The Hall–Kier alpha value is -2.00. The van der Waals surface area contributed by atoms with Crippen molar-refractivity contribution < 1.29 is 27.5 Å². The van der Waals surface area contributed by atoms with E-state index in [1.807, 2.05) is 6.92 Å². The summed E-state index contributed by atoms with van der Waals surface area (Å²) in [6.07, 6.45) is -3.80. The molecule has 0 aromatic heterocycles. The van der Waals surface area contributed by atoms with E-state index >= 15 is 0 Å². The molecular weight excluding hydrogens is 483 g/mol. The van der Waals surface area contributed by atoms with Crippen molar-refractivity contribution in [3.05, 3.63) is 69.7 Å². The van der Waals surface area contributed by atoms with Crippen molar-refractivity contribution >= 4 is 39.6 Å². The topological polar surface area (TPSA) is 46.6 Å². The van der Waals surface area contributed by atoms with E-state index in [0.717, 1.165) is 16.6 Å². The molecule has 3 rings (SSSR count). The fourth-order valence-corrected chi connectivity index (χ4v) is 4.75. The van der Waals surface area contributed by atoms with Gasteiger partial charge in [0, 0.05) is 15.8 Å². The molecule has 2 aromatic carbocycles. The van der Waals surface area contributed by atoms with Crippen LogP contribution in [0.25, 0.3) is 0 Å². The van der Waals surface area contributed by atoms with Gasteiger partial charge in [-0.05, 0) is 48.4 Å². The smallest absolute Gasteiger partial charge is 0.416 e. The molecule has 0 saturated carbocycles. The number of benzene rings is 2. The summed E-state index contributed by atoms with van der Waals surface area (Å²) in [6, 6.07) is 10.6. The summed E-state index contributed by atoms with van der Waals surface area (Å²) in [7, 11) is 0. The first-order chi connectivity index (χ1) is 14.2. The Balaban J connectivity index is 1.93. The zero-order valence-electron chi connectivity index (χ0n) is 16.0. The van der Waals surface area contributed by atoms with Crippen molar-refractivity contribution in [2.75, 3.05) is 12.4 Å². The van der Waals surface area contributed by atoms with Crippen molar-refractivity contribution in [3.63, 3.8) is 0 Å². The van der Waals surface area contributed by atoms with Gasteiger partial charge in [-0.3, -0.25) is 4.79 Å². The molecule has 4 nitrogen and oxygen atoms in total. The molecule has 0 bridgehead atoms. The number of hydrogen-bond acceptors (Lipinski definition) is 4.